The normalized spacial score (nSPS) is 10.7. The van der Waals surface area contributed by atoms with Gasteiger partial charge < -0.3 is 4.74 Å². The second-order valence-electron chi connectivity index (χ2n) is 3.26. The number of hydrogen-bond donors (Lipinski definition) is 0. The first kappa shape index (κ1) is 11.6. The van der Waals surface area contributed by atoms with Crippen molar-refractivity contribution in [1.29, 1.82) is 0 Å². The average Bonchev–Trinajstić information content (AvgIpc) is 2.60. The second-order valence-corrected chi connectivity index (χ2v) is 3.26. The molecule has 15 heavy (non-hydrogen) atoms. The minimum Gasteiger partial charge on any atom is -0.469 e. The summed E-state index contributed by atoms with van der Waals surface area (Å²) in [5.41, 5.74) is 0. The second kappa shape index (κ2) is 5.40. The van der Waals surface area contributed by atoms with Crippen molar-refractivity contribution in [2.75, 3.05) is 20.7 Å². The molecule has 0 saturated carbocycles. The lowest BCUT2D eigenvalue weighted by Gasteiger charge is -2.12. The number of rotatable bonds is 5. The quantitative estimate of drug-likeness (QED) is 0.596. The molecule has 0 N–H and O–H groups in total. The fourth-order valence-corrected chi connectivity index (χ4v) is 1.09. The SMILES string of the molecule is COC(=O)CCN(C)Cc1nnn(C)n1. The van der Waals surface area contributed by atoms with Crippen LogP contribution in [0.1, 0.15) is 12.2 Å². The minimum absolute atomic E-state index is 0.214. The summed E-state index contributed by atoms with van der Waals surface area (Å²) >= 11 is 0. The highest BCUT2D eigenvalue weighted by molar-refractivity contribution is 5.69. The zero-order valence-corrected chi connectivity index (χ0v) is 9.17. The molecule has 0 aromatic carbocycles. The minimum atomic E-state index is -0.214. The number of nitrogens with zero attached hydrogens (tertiary/aromatic N) is 5. The summed E-state index contributed by atoms with van der Waals surface area (Å²) in [5.74, 6) is 0.429. The van der Waals surface area contributed by atoms with Gasteiger partial charge in [-0.1, -0.05) is 0 Å². The van der Waals surface area contributed by atoms with E-state index >= 15 is 0 Å². The Bertz CT molecular complexity index is 325. The first-order valence-electron chi connectivity index (χ1n) is 4.60. The van der Waals surface area contributed by atoms with Crippen LogP contribution in [-0.4, -0.2) is 51.8 Å². The molecule has 7 heteroatoms. The first-order chi connectivity index (χ1) is 7.11. The van der Waals surface area contributed by atoms with Crippen LogP contribution in [0.25, 0.3) is 0 Å². The third-order valence-corrected chi connectivity index (χ3v) is 1.89. The van der Waals surface area contributed by atoms with Gasteiger partial charge in [-0.2, -0.15) is 4.80 Å². The highest BCUT2D eigenvalue weighted by Gasteiger charge is 2.07. The molecule has 0 atom stereocenters. The molecular weight excluding hydrogens is 198 g/mol. The van der Waals surface area contributed by atoms with Gasteiger partial charge in [-0.25, -0.2) is 0 Å². The number of carbonyl (C=O) groups is 1. The van der Waals surface area contributed by atoms with Crippen molar-refractivity contribution in [2.24, 2.45) is 7.05 Å². The van der Waals surface area contributed by atoms with Crippen LogP contribution < -0.4 is 0 Å². The third-order valence-electron chi connectivity index (χ3n) is 1.89. The molecule has 0 unspecified atom stereocenters. The number of ether oxygens (including phenoxy) is 1. The van der Waals surface area contributed by atoms with Gasteiger partial charge in [0.1, 0.15) is 0 Å². The van der Waals surface area contributed by atoms with E-state index in [0.29, 0.717) is 25.3 Å². The van der Waals surface area contributed by atoms with Crippen molar-refractivity contribution in [3.8, 4) is 0 Å². The van der Waals surface area contributed by atoms with Crippen molar-refractivity contribution >= 4 is 5.97 Å². The summed E-state index contributed by atoms with van der Waals surface area (Å²) in [4.78, 5) is 14.2. The molecule has 0 saturated heterocycles. The van der Waals surface area contributed by atoms with Crippen molar-refractivity contribution < 1.29 is 9.53 Å². The molecule has 0 aliphatic rings. The molecule has 7 nitrogen and oxygen atoms in total. The molecule has 84 valence electrons. The predicted octanol–water partition coefficient (Wildman–Crippen LogP) is -0.795. The molecule has 1 aromatic rings. The zero-order chi connectivity index (χ0) is 11.3. The smallest absolute Gasteiger partial charge is 0.306 e. The third kappa shape index (κ3) is 4.03. The molecular formula is C8H15N5O2. The predicted molar refractivity (Wildman–Crippen MR) is 51.8 cm³/mol. The number of carbonyl (C=O) groups excluding carboxylic acids is 1. The van der Waals surface area contributed by atoms with Crippen LogP contribution in [0.2, 0.25) is 0 Å². The zero-order valence-electron chi connectivity index (χ0n) is 9.17. The van der Waals surface area contributed by atoms with Crippen LogP contribution in [0.5, 0.6) is 0 Å². The summed E-state index contributed by atoms with van der Waals surface area (Å²) in [5, 5.41) is 11.6. The molecule has 0 amide bonds. The number of methoxy groups -OCH3 is 1. The molecule has 1 rings (SSSR count). The number of esters is 1. The van der Waals surface area contributed by atoms with Crippen LogP contribution in [-0.2, 0) is 23.1 Å². The summed E-state index contributed by atoms with van der Waals surface area (Å²) in [7, 11) is 4.98. The van der Waals surface area contributed by atoms with Gasteiger partial charge in [0.2, 0.25) is 0 Å². The van der Waals surface area contributed by atoms with Crippen molar-refractivity contribution in [3.05, 3.63) is 5.82 Å². The highest BCUT2D eigenvalue weighted by Crippen LogP contribution is 1.96. The summed E-state index contributed by atoms with van der Waals surface area (Å²) in [6.07, 6.45) is 0.368. The number of aryl methyl sites for hydroxylation is 1. The maximum Gasteiger partial charge on any atom is 0.306 e. The Hall–Kier alpha value is -1.50. The molecule has 0 aliphatic carbocycles. The Morgan fingerprint density at radius 2 is 2.33 bits per heavy atom. The van der Waals surface area contributed by atoms with Crippen LogP contribution in [0.15, 0.2) is 0 Å². The molecule has 0 spiro atoms. The van der Waals surface area contributed by atoms with Gasteiger partial charge in [0.15, 0.2) is 5.82 Å². The lowest BCUT2D eigenvalue weighted by atomic mass is 10.4. The van der Waals surface area contributed by atoms with E-state index in [1.807, 2.05) is 11.9 Å². The van der Waals surface area contributed by atoms with Crippen molar-refractivity contribution in [3.63, 3.8) is 0 Å². The van der Waals surface area contributed by atoms with Gasteiger partial charge in [0.05, 0.1) is 27.1 Å². The van der Waals surface area contributed by atoms with E-state index in [1.165, 1.54) is 11.9 Å². The lowest BCUT2D eigenvalue weighted by molar-refractivity contribution is -0.140. The fraction of sp³-hybridized carbons (Fsp3) is 0.750. The molecule has 1 aromatic heterocycles. The Labute approximate surface area is 88.0 Å². The van der Waals surface area contributed by atoms with Gasteiger partial charge in [-0.05, 0) is 12.3 Å². The standard InChI is InChI=1S/C8H15N5O2/c1-12(5-4-8(14)15-3)6-7-9-11-13(2)10-7/h4-6H2,1-3H3. The van der Waals surface area contributed by atoms with Gasteiger partial charge in [0.25, 0.3) is 0 Å². The summed E-state index contributed by atoms with van der Waals surface area (Å²) in [6.45, 7) is 1.19. The van der Waals surface area contributed by atoms with E-state index in [1.54, 1.807) is 7.05 Å². The maximum atomic E-state index is 10.9. The summed E-state index contributed by atoms with van der Waals surface area (Å²) < 4.78 is 4.54. The number of hydrogen-bond acceptors (Lipinski definition) is 6. The monoisotopic (exact) mass is 213 g/mol. The van der Waals surface area contributed by atoms with E-state index in [9.17, 15) is 4.79 Å². The highest BCUT2D eigenvalue weighted by atomic mass is 16.5. The fourth-order valence-electron chi connectivity index (χ4n) is 1.09. The molecule has 1 heterocycles. The van der Waals surface area contributed by atoms with Gasteiger partial charge >= 0.3 is 5.97 Å². The van der Waals surface area contributed by atoms with E-state index in [2.05, 4.69) is 20.1 Å². The Morgan fingerprint density at radius 1 is 1.60 bits per heavy atom. The largest absolute Gasteiger partial charge is 0.469 e. The Balaban J connectivity index is 2.30. The summed E-state index contributed by atoms with van der Waals surface area (Å²) in [6, 6.07) is 0. The van der Waals surface area contributed by atoms with E-state index in [4.69, 9.17) is 0 Å². The van der Waals surface area contributed by atoms with Gasteiger partial charge in [-0.3, -0.25) is 9.69 Å². The van der Waals surface area contributed by atoms with Crippen LogP contribution in [0.3, 0.4) is 0 Å². The molecule has 0 radical (unpaired) electrons. The van der Waals surface area contributed by atoms with Crippen LogP contribution in [0, 0.1) is 0 Å². The first-order valence-corrected chi connectivity index (χ1v) is 4.60. The molecule has 0 aliphatic heterocycles. The molecule has 0 bridgehead atoms. The van der Waals surface area contributed by atoms with Crippen LogP contribution >= 0.6 is 0 Å². The van der Waals surface area contributed by atoms with E-state index in [0.717, 1.165) is 0 Å². The maximum absolute atomic E-state index is 10.9. The topological polar surface area (TPSA) is 73.1 Å². The van der Waals surface area contributed by atoms with Gasteiger partial charge in [-0.15, -0.1) is 10.2 Å². The molecule has 0 fully saturated rings. The number of tetrazole rings is 1. The Morgan fingerprint density at radius 3 is 2.87 bits per heavy atom. The van der Waals surface area contributed by atoms with E-state index in [-0.39, 0.29) is 5.97 Å². The number of aromatic nitrogens is 4. The van der Waals surface area contributed by atoms with Crippen molar-refractivity contribution in [1.82, 2.24) is 25.1 Å². The van der Waals surface area contributed by atoms with Crippen LogP contribution in [0.4, 0.5) is 0 Å². The Kier molecular flexibility index (Phi) is 4.17. The van der Waals surface area contributed by atoms with Gasteiger partial charge in [0, 0.05) is 6.54 Å². The van der Waals surface area contributed by atoms with Crippen molar-refractivity contribution in [2.45, 2.75) is 13.0 Å². The average molecular weight is 213 g/mol. The lowest BCUT2D eigenvalue weighted by Crippen LogP contribution is -2.22. The van der Waals surface area contributed by atoms with E-state index < -0.39 is 0 Å².